The maximum absolute atomic E-state index is 3.56. The fourth-order valence-corrected chi connectivity index (χ4v) is 2.93. The molecule has 0 saturated carbocycles. The Morgan fingerprint density at radius 2 is 1.95 bits per heavy atom. The van der Waals surface area contributed by atoms with Crippen molar-refractivity contribution in [3.8, 4) is 0 Å². The first kappa shape index (κ1) is 17.7. The van der Waals surface area contributed by atoms with Crippen LogP contribution in [0.2, 0.25) is 0 Å². The van der Waals surface area contributed by atoms with Crippen LogP contribution in [0.3, 0.4) is 0 Å². The molecule has 1 N–H and O–H groups in total. The van der Waals surface area contributed by atoms with Gasteiger partial charge in [0.2, 0.25) is 0 Å². The molecule has 0 bridgehead atoms. The van der Waals surface area contributed by atoms with Crippen LogP contribution in [0.4, 0.5) is 0 Å². The summed E-state index contributed by atoms with van der Waals surface area (Å²) >= 11 is 1.87. The van der Waals surface area contributed by atoms with E-state index >= 15 is 0 Å². The van der Waals surface area contributed by atoms with E-state index in [4.69, 9.17) is 0 Å². The quantitative estimate of drug-likeness (QED) is 0.674. The number of unbranched alkanes of at least 4 members (excludes halogenated alkanes) is 2. The highest BCUT2D eigenvalue weighted by molar-refractivity contribution is 7.09. The van der Waals surface area contributed by atoms with Gasteiger partial charge in [-0.3, -0.25) is 4.90 Å². The highest BCUT2D eigenvalue weighted by Crippen LogP contribution is 2.14. The molecule has 0 spiro atoms. The molecule has 0 fully saturated rings. The van der Waals surface area contributed by atoms with Crippen molar-refractivity contribution in [1.29, 1.82) is 0 Å². The summed E-state index contributed by atoms with van der Waals surface area (Å²) in [6, 6.07) is 5.02. The van der Waals surface area contributed by atoms with Crippen LogP contribution in [0.25, 0.3) is 0 Å². The molecular formula is C17H32N2S. The number of hydrogen-bond acceptors (Lipinski definition) is 3. The minimum absolute atomic E-state index is 0.253. The van der Waals surface area contributed by atoms with Gasteiger partial charge >= 0.3 is 0 Å². The fraction of sp³-hybridized carbons (Fsp3) is 0.765. The molecule has 0 amide bonds. The van der Waals surface area contributed by atoms with E-state index in [1.165, 1.54) is 30.7 Å². The van der Waals surface area contributed by atoms with Crippen LogP contribution in [0, 0.1) is 0 Å². The van der Waals surface area contributed by atoms with Crippen molar-refractivity contribution in [2.45, 2.75) is 72.0 Å². The van der Waals surface area contributed by atoms with Crippen LogP contribution in [-0.2, 0) is 6.54 Å². The van der Waals surface area contributed by atoms with Gasteiger partial charge in [0.15, 0.2) is 0 Å². The van der Waals surface area contributed by atoms with E-state index in [2.05, 4.69) is 62.3 Å². The number of nitrogens with one attached hydrogen (secondary N) is 1. The normalized spacial score (nSPS) is 12.6. The summed E-state index contributed by atoms with van der Waals surface area (Å²) in [5, 5.41) is 5.73. The third-order valence-corrected chi connectivity index (χ3v) is 4.31. The average Bonchev–Trinajstić information content (AvgIpc) is 2.83. The molecule has 116 valence electrons. The number of nitrogens with zero attached hydrogens (tertiary/aromatic N) is 1. The van der Waals surface area contributed by atoms with Crippen molar-refractivity contribution in [3.63, 3.8) is 0 Å². The van der Waals surface area contributed by atoms with E-state index in [9.17, 15) is 0 Å². The smallest absolute Gasteiger partial charge is 0.0330 e. The molecule has 1 heterocycles. The van der Waals surface area contributed by atoms with Gasteiger partial charge in [0.1, 0.15) is 0 Å². The minimum Gasteiger partial charge on any atom is -0.312 e. The molecule has 0 saturated heterocycles. The zero-order valence-corrected chi connectivity index (χ0v) is 14.7. The molecule has 0 atom stereocenters. The first-order valence-corrected chi connectivity index (χ1v) is 8.78. The molecule has 0 unspecified atom stereocenters. The average molecular weight is 297 g/mol. The topological polar surface area (TPSA) is 15.3 Å². The van der Waals surface area contributed by atoms with E-state index in [1.807, 2.05) is 11.3 Å². The summed E-state index contributed by atoms with van der Waals surface area (Å²) in [7, 11) is 0. The van der Waals surface area contributed by atoms with Gasteiger partial charge in [0, 0.05) is 23.0 Å². The van der Waals surface area contributed by atoms with E-state index in [0.29, 0.717) is 6.04 Å². The summed E-state index contributed by atoms with van der Waals surface area (Å²) in [5.74, 6) is 0. The maximum atomic E-state index is 3.56. The predicted molar refractivity (Wildman–Crippen MR) is 91.5 cm³/mol. The molecule has 0 aliphatic heterocycles. The summed E-state index contributed by atoms with van der Waals surface area (Å²) in [6.07, 6.45) is 3.90. The zero-order chi connectivity index (χ0) is 15.0. The van der Waals surface area contributed by atoms with Crippen molar-refractivity contribution >= 4 is 11.3 Å². The van der Waals surface area contributed by atoms with Gasteiger partial charge in [-0.2, -0.15) is 0 Å². The van der Waals surface area contributed by atoms with Crippen molar-refractivity contribution in [3.05, 3.63) is 22.4 Å². The standard InChI is InChI=1S/C17H32N2S/c1-15(2)19(14-16-10-9-13-20-16)12-8-6-7-11-18-17(3,4)5/h9-10,13,15,18H,6-8,11-12,14H2,1-5H3. The van der Waals surface area contributed by atoms with Gasteiger partial charge in [-0.1, -0.05) is 12.5 Å². The van der Waals surface area contributed by atoms with Crippen LogP contribution in [0.1, 0.15) is 58.8 Å². The Kier molecular flexibility index (Phi) is 7.78. The molecule has 2 nitrogen and oxygen atoms in total. The summed E-state index contributed by atoms with van der Waals surface area (Å²) in [5.41, 5.74) is 0.253. The number of hydrogen-bond donors (Lipinski definition) is 1. The Labute approximate surface area is 129 Å². The molecule has 0 aliphatic rings. The Bertz CT molecular complexity index is 338. The van der Waals surface area contributed by atoms with Gasteiger partial charge in [0.25, 0.3) is 0 Å². The fourth-order valence-electron chi connectivity index (χ4n) is 2.20. The lowest BCUT2D eigenvalue weighted by Gasteiger charge is -2.26. The third kappa shape index (κ3) is 8.03. The van der Waals surface area contributed by atoms with E-state index in [1.54, 1.807) is 0 Å². The van der Waals surface area contributed by atoms with Gasteiger partial charge in [-0.25, -0.2) is 0 Å². The summed E-state index contributed by atoms with van der Waals surface area (Å²) in [4.78, 5) is 4.07. The lowest BCUT2D eigenvalue weighted by atomic mass is 10.1. The second-order valence-electron chi connectivity index (χ2n) is 6.88. The van der Waals surface area contributed by atoms with Gasteiger partial charge < -0.3 is 5.32 Å². The second kappa shape index (κ2) is 8.81. The molecular weight excluding hydrogens is 264 g/mol. The minimum atomic E-state index is 0.253. The van der Waals surface area contributed by atoms with E-state index in [0.717, 1.165) is 13.1 Å². The highest BCUT2D eigenvalue weighted by Gasteiger charge is 2.11. The van der Waals surface area contributed by atoms with Gasteiger partial charge in [-0.15, -0.1) is 11.3 Å². The van der Waals surface area contributed by atoms with Crippen LogP contribution >= 0.6 is 11.3 Å². The molecule has 0 aliphatic carbocycles. The number of rotatable bonds is 9. The molecule has 1 aromatic rings. The van der Waals surface area contributed by atoms with Crippen molar-refractivity contribution in [1.82, 2.24) is 10.2 Å². The molecule has 1 aromatic heterocycles. The predicted octanol–water partition coefficient (Wildman–Crippen LogP) is 4.52. The SMILES string of the molecule is CC(C)N(CCCCCNC(C)(C)C)Cc1cccs1. The highest BCUT2D eigenvalue weighted by atomic mass is 32.1. The van der Waals surface area contributed by atoms with Crippen LogP contribution < -0.4 is 5.32 Å². The summed E-state index contributed by atoms with van der Waals surface area (Å²) < 4.78 is 0. The number of thiophene rings is 1. The Morgan fingerprint density at radius 1 is 1.20 bits per heavy atom. The third-order valence-electron chi connectivity index (χ3n) is 3.45. The Hall–Kier alpha value is -0.380. The monoisotopic (exact) mass is 296 g/mol. The maximum Gasteiger partial charge on any atom is 0.0330 e. The molecule has 0 aromatic carbocycles. The Morgan fingerprint density at radius 3 is 2.50 bits per heavy atom. The van der Waals surface area contributed by atoms with Crippen LogP contribution in [0.15, 0.2) is 17.5 Å². The largest absolute Gasteiger partial charge is 0.312 e. The molecule has 20 heavy (non-hydrogen) atoms. The van der Waals surface area contributed by atoms with Gasteiger partial charge in [0.05, 0.1) is 0 Å². The van der Waals surface area contributed by atoms with E-state index in [-0.39, 0.29) is 5.54 Å². The van der Waals surface area contributed by atoms with E-state index < -0.39 is 0 Å². The second-order valence-corrected chi connectivity index (χ2v) is 7.91. The molecule has 0 radical (unpaired) electrons. The van der Waals surface area contributed by atoms with Gasteiger partial charge in [-0.05, 0) is 72.0 Å². The first-order chi connectivity index (χ1) is 9.38. The molecule has 1 rings (SSSR count). The van der Waals surface area contributed by atoms with Crippen LogP contribution in [0.5, 0.6) is 0 Å². The summed E-state index contributed by atoms with van der Waals surface area (Å²) in [6.45, 7) is 14.7. The Balaban J connectivity index is 2.17. The molecule has 3 heteroatoms. The van der Waals surface area contributed by atoms with Crippen molar-refractivity contribution in [2.75, 3.05) is 13.1 Å². The first-order valence-electron chi connectivity index (χ1n) is 7.90. The lowest BCUT2D eigenvalue weighted by molar-refractivity contribution is 0.209. The zero-order valence-electron chi connectivity index (χ0n) is 13.9. The van der Waals surface area contributed by atoms with Crippen molar-refractivity contribution in [2.24, 2.45) is 0 Å². The van der Waals surface area contributed by atoms with Crippen molar-refractivity contribution < 1.29 is 0 Å². The lowest BCUT2D eigenvalue weighted by Crippen LogP contribution is -2.36. The van der Waals surface area contributed by atoms with Crippen LogP contribution in [-0.4, -0.2) is 29.6 Å².